The smallest absolute Gasteiger partial charge is 0.321 e. The molecule has 6 heteroatoms. The predicted molar refractivity (Wildman–Crippen MR) is 110 cm³/mol. The van der Waals surface area contributed by atoms with Gasteiger partial charge in [-0.1, -0.05) is 60.7 Å². The lowest BCUT2D eigenvalue weighted by Crippen LogP contribution is -2.43. The van der Waals surface area contributed by atoms with Crippen LogP contribution in [0.25, 0.3) is 0 Å². The van der Waals surface area contributed by atoms with Crippen molar-refractivity contribution in [2.75, 3.05) is 12.4 Å². The second-order valence-corrected chi connectivity index (χ2v) is 7.98. The molecule has 0 spiro atoms. The Balaban J connectivity index is 1.96. The van der Waals surface area contributed by atoms with E-state index in [1.165, 1.54) is 0 Å². The molecule has 1 aliphatic heterocycles. The van der Waals surface area contributed by atoms with Gasteiger partial charge in [0.25, 0.3) is 0 Å². The van der Waals surface area contributed by atoms with Gasteiger partial charge in [-0.15, -0.1) is 11.8 Å². The van der Waals surface area contributed by atoms with Gasteiger partial charge in [-0.3, -0.25) is 14.9 Å². The molecular formula is C22H25NO4S. The maximum atomic E-state index is 13.0. The first-order valence-corrected chi connectivity index (χ1v) is 10.5. The maximum absolute atomic E-state index is 13.0. The van der Waals surface area contributed by atoms with E-state index in [1.54, 1.807) is 18.7 Å². The van der Waals surface area contributed by atoms with Crippen molar-refractivity contribution >= 4 is 23.7 Å². The van der Waals surface area contributed by atoms with Crippen molar-refractivity contribution in [2.45, 2.75) is 30.7 Å². The first-order chi connectivity index (χ1) is 13.6. The summed E-state index contributed by atoms with van der Waals surface area (Å²) in [7, 11) is 0. The van der Waals surface area contributed by atoms with Crippen molar-refractivity contribution in [1.82, 2.24) is 5.32 Å². The SMILES string of the molecule is CCOC(=O)C(c1ccccc1)C(Cc1ccccc1)C1NC(C(=O)O)CS1. The van der Waals surface area contributed by atoms with Crippen LogP contribution in [0.1, 0.15) is 24.0 Å². The summed E-state index contributed by atoms with van der Waals surface area (Å²) in [5.74, 6) is -1.26. The van der Waals surface area contributed by atoms with Crippen LogP contribution in [-0.4, -0.2) is 40.8 Å². The number of carbonyl (C=O) groups is 2. The third-order valence-electron chi connectivity index (χ3n) is 4.94. The number of thioether (sulfide) groups is 1. The van der Waals surface area contributed by atoms with Gasteiger partial charge in [0.05, 0.1) is 17.9 Å². The Labute approximate surface area is 169 Å². The van der Waals surface area contributed by atoms with Crippen LogP contribution in [-0.2, 0) is 20.7 Å². The molecule has 1 fully saturated rings. The van der Waals surface area contributed by atoms with Crippen LogP contribution in [0, 0.1) is 5.92 Å². The van der Waals surface area contributed by atoms with E-state index >= 15 is 0 Å². The summed E-state index contributed by atoms with van der Waals surface area (Å²) in [4.78, 5) is 24.4. The van der Waals surface area contributed by atoms with Crippen LogP contribution in [0.3, 0.4) is 0 Å². The van der Waals surface area contributed by atoms with Gasteiger partial charge < -0.3 is 9.84 Å². The van der Waals surface area contributed by atoms with E-state index in [1.807, 2.05) is 60.7 Å². The van der Waals surface area contributed by atoms with Crippen molar-refractivity contribution in [3.05, 3.63) is 71.8 Å². The van der Waals surface area contributed by atoms with E-state index in [0.29, 0.717) is 18.8 Å². The van der Waals surface area contributed by atoms with Crippen molar-refractivity contribution in [3.63, 3.8) is 0 Å². The van der Waals surface area contributed by atoms with Crippen LogP contribution in [0.15, 0.2) is 60.7 Å². The highest BCUT2D eigenvalue weighted by atomic mass is 32.2. The molecular weight excluding hydrogens is 374 g/mol. The molecule has 1 aliphatic rings. The Kier molecular flexibility index (Phi) is 7.12. The van der Waals surface area contributed by atoms with Crippen LogP contribution < -0.4 is 5.32 Å². The number of rotatable bonds is 8. The summed E-state index contributed by atoms with van der Waals surface area (Å²) in [5, 5.41) is 12.4. The van der Waals surface area contributed by atoms with Gasteiger partial charge in [-0.05, 0) is 24.5 Å². The van der Waals surface area contributed by atoms with Gasteiger partial charge in [0.2, 0.25) is 0 Å². The largest absolute Gasteiger partial charge is 0.480 e. The lowest BCUT2D eigenvalue weighted by molar-refractivity contribution is -0.146. The second-order valence-electron chi connectivity index (χ2n) is 6.81. The monoisotopic (exact) mass is 399 g/mol. The Morgan fingerprint density at radius 1 is 1.14 bits per heavy atom. The fraction of sp³-hybridized carbons (Fsp3) is 0.364. The first-order valence-electron chi connectivity index (χ1n) is 9.46. The molecule has 0 radical (unpaired) electrons. The normalized spacial score (nSPS) is 21.0. The number of aliphatic carboxylic acids is 1. The summed E-state index contributed by atoms with van der Waals surface area (Å²) in [6.07, 6.45) is 0.649. The van der Waals surface area contributed by atoms with Crippen LogP contribution in [0.2, 0.25) is 0 Å². The minimum Gasteiger partial charge on any atom is -0.480 e. The van der Waals surface area contributed by atoms with Crippen molar-refractivity contribution in [1.29, 1.82) is 0 Å². The van der Waals surface area contributed by atoms with Gasteiger partial charge in [0.15, 0.2) is 0 Å². The van der Waals surface area contributed by atoms with Gasteiger partial charge in [0.1, 0.15) is 6.04 Å². The Morgan fingerprint density at radius 2 is 1.79 bits per heavy atom. The summed E-state index contributed by atoms with van der Waals surface area (Å²) < 4.78 is 5.42. The van der Waals surface area contributed by atoms with Crippen molar-refractivity contribution in [3.8, 4) is 0 Å². The summed E-state index contributed by atoms with van der Waals surface area (Å²) in [5.41, 5.74) is 2.00. The lowest BCUT2D eigenvalue weighted by Gasteiger charge is -2.31. The molecule has 28 heavy (non-hydrogen) atoms. The van der Waals surface area contributed by atoms with E-state index in [-0.39, 0.29) is 17.3 Å². The average Bonchev–Trinajstić information content (AvgIpc) is 3.20. The molecule has 2 aromatic rings. The number of carbonyl (C=O) groups excluding carboxylic acids is 1. The number of nitrogens with one attached hydrogen (secondary N) is 1. The summed E-state index contributed by atoms with van der Waals surface area (Å²) in [6, 6.07) is 19.0. The minimum atomic E-state index is -0.860. The van der Waals surface area contributed by atoms with Crippen LogP contribution in [0.4, 0.5) is 0 Å². The molecule has 4 unspecified atom stereocenters. The number of carboxylic acid groups (broad SMARTS) is 1. The number of hydrogen-bond donors (Lipinski definition) is 2. The fourth-order valence-electron chi connectivity index (χ4n) is 3.62. The first kappa shape index (κ1) is 20.4. The molecule has 0 saturated carbocycles. The fourth-order valence-corrected chi connectivity index (χ4v) is 5.02. The third-order valence-corrected chi connectivity index (χ3v) is 6.31. The molecule has 1 heterocycles. The van der Waals surface area contributed by atoms with Crippen LogP contribution >= 0.6 is 11.8 Å². The molecule has 3 rings (SSSR count). The molecule has 5 nitrogen and oxygen atoms in total. The minimum absolute atomic E-state index is 0.141. The quantitative estimate of drug-likeness (QED) is 0.664. The molecule has 0 amide bonds. The second kappa shape index (κ2) is 9.75. The highest BCUT2D eigenvalue weighted by molar-refractivity contribution is 8.00. The van der Waals surface area contributed by atoms with Gasteiger partial charge in [0, 0.05) is 11.7 Å². The number of ether oxygens (including phenoxy) is 1. The van der Waals surface area contributed by atoms with Gasteiger partial charge in [-0.25, -0.2) is 0 Å². The zero-order valence-corrected chi connectivity index (χ0v) is 16.6. The molecule has 0 bridgehead atoms. The van der Waals surface area contributed by atoms with Gasteiger partial charge in [-0.2, -0.15) is 0 Å². The molecule has 2 aromatic carbocycles. The van der Waals surface area contributed by atoms with Crippen molar-refractivity contribution in [2.24, 2.45) is 5.92 Å². The highest BCUT2D eigenvalue weighted by Gasteiger charge is 2.41. The van der Waals surface area contributed by atoms with Crippen LogP contribution in [0.5, 0.6) is 0 Å². The summed E-state index contributed by atoms with van der Waals surface area (Å²) >= 11 is 1.56. The van der Waals surface area contributed by atoms with Gasteiger partial charge >= 0.3 is 11.9 Å². The number of hydrogen-bond acceptors (Lipinski definition) is 5. The number of carboxylic acids is 1. The van der Waals surface area contributed by atoms with E-state index < -0.39 is 17.9 Å². The van der Waals surface area contributed by atoms with E-state index in [9.17, 15) is 14.7 Å². The average molecular weight is 400 g/mol. The number of esters is 1. The molecule has 0 aliphatic carbocycles. The lowest BCUT2D eigenvalue weighted by atomic mass is 9.81. The molecule has 4 atom stereocenters. The predicted octanol–water partition coefficient (Wildman–Crippen LogP) is 3.31. The zero-order chi connectivity index (χ0) is 19.9. The Bertz CT molecular complexity index is 784. The molecule has 2 N–H and O–H groups in total. The molecule has 1 saturated heterocycles. The van der Waals surface area contributed by atoms with Crippen molar-refractivity contribution < 1.29 is 19.4 Å². The standard InChI is InChI=1S/C22H25NO4S/c1-2-27-22(26)19(16-11-7-4-8-12-16)17(13-15-9-5-3-6-10-15)20-23-18(14-28-20)21(24)25/h3-12,17-20,23H,2,13-14H2,1H3,(H,24,25). The molecule has 148 valence electrons. The Hall–Kier alpha value is -2.31. The Morgan fingerprint density at radius 3 is 2.36 bits per heavy atom. The summed E-state index contributed by atoms with van der Waals surface area (Å²) in [6.45, 7) is 2.11. The highest BCUT2D eigenvalue weighted by Crippen LogP contribution is 2.38. The topological polar surface area (TPSA) is 75.6 Å². The molecule has 0 aromatic heterocycles. The third kappa shape index (κ3) is 4.94. The van der Waals surface area contributed by atoms with E-state index in [2.05, 4.69) is 5.32 Å². The maximum Gasteiger partial charge on any atom is 0.321 e. The number of benzene rings is 2. The van der Waals surface area contributed by atoms with E-state index in [0.717, 1.165) is 11.1 Å². The zero-order valence-electron chi connectivity index (χ0n) is 15.8. The van der Waals surface area contributed by atoms with E-state index in [4.69, 9.17) is 4.74 Å².